The van der Waals surface area contributed by atoms with Gasteiger partial charge < -0.3 is 4.90 Å². The van der Waals surface area contributed by atoms with Gasteiger partial charge in [-0.2, -0.15) is 0 Å². The van der Waals surface area contributed by atoms with Gasteiger partial charge >= 0.3 is 0 Å². The number of piperazine rings is 1. The predicted octanol–water partition coefficient (Wildman–Crippen LogP) is 3.79. The molecule has 120 valence electrons. The summed E-state index contributed by atoms with van der Waals surface area (Å²) in [6.07, 6.45) is 5.58. The predicted molar refractivity (Wildman–Crippen MR) is 98.2 cm³/mol. The van der Waals surface area contributed by atoms with Gasteiger partial charge in [0, 0.05) is 38.6 Å². The number of rotatable bonds is 6. The molecule has 0 unspecified atom stereocenters. The average molecular weight is 352 g/mol. The Morgan fingerprint density at radius 2 is 1.57 bits per heavy atom. The van der Waals surface area contributed by atoms with Crippen molar-refractivity contribution in [1.29, 1.82) is 0 Å². The molecule has 0 amide bonds. The molecule has 1 heterocycles. The first-order valence-corrected chi connectivity index (χ1v) is 7.64. The Morgan fingerprint density at radius 3 is 2.19 bits per heavy atom. The lowest BCUT2D eigenvalue weighted by molar-refractivity contribution is 0.143. The SMILES string of the molecule is Cl.Cl.ClCCCN1CCN(C/C=C/c2ccccc2)CC1. The van der Waals surface area contributed by atoms with Crippen LogP contribution in [0.4, 0.5) is 0 Å². The minimum Gasteiger partial charge on any atom is -0.301 e. The molecule has 5 heteroatoms. The molecule has 0 bridgehead atoms. The Hall–Kier alpha value is -0.250. The van der Waals surface area contributed by atoms with E-state index in [1.165, 1.54) is 31.7 Å². The van der Waals surface area contributed by atoms with Crippen molar-refractivity contribution in [2.75, 3.05) is 45.1 Å². The van der Waals surface area contributed by atoms with Crippen LogP contribution in [0.1, 0.15) is 12.0 Å². The lowest BCUT2D eigenvalue weighted by Gasteiger charge is -2.34. The van der Waals surface area contributed by atoms with Crippen molar-refractivity contribution in [2.24, 2.45) is 0 Å². The Kier molecular flexibility index (Phi) is 12.2. The summed E-state index contributed by atoms with van der Waals surface area (Å²) in [4.78, 5) is 5.02. The number of alkyl halides is 1. The van der Waals surface area contributed by atoms with Crippen LogP contribution in [-0.2, 0) is 0 Å². The van der Waals surface area contributed by atoms with E-state index in [2.05, 4.69) is 52.3 Å². The number of benzene rings is 1. The Morgan fingerprint density at radius 1 is 0.952 bits per heavy atom. The monoisotopic (exact) mass is 350 g/mol. The van der Waals surface area contributed by atoms with Gasteiger partial charge in [0.25, 0.3) is 0 Å². The standard InChI is InChI=1S/C16H23ClN2.2ClH/c17-9-5-11-19-14-12-18(13-15-19)10-4-8-16-6-2-1-3-7-16;;/h1-4,6-8H,5,9-15H2;2*1H/b8-4+;;. The Balaban J connectivity index is 0.00000200. The highest BCUT2D eigenvalue weighted by Crippen LogP contribution is 2.05. The molecule has 1 saturated heterocycles. The summed E-state index contributed by atoms with van der Waals surface area (Å²) in [5.74, 6) is 0.778. The van der Waals surface area contributed by atoms with Crippen LogP contribution in [0, 0.1) is 0 Å². The molecule has 0 aliphatic carbocycles. The van der Waals surface area contributed by atoms with E-state index in [0.29, 0.717) is 0 Å². The number of hydrogen-bond donors (Lipinski definition) is 0. The Bertz CT molecular complexity index is 376. The van der Waals surface area contributed by atoms with Gasteiger partial charge in [-0.1, -0.05) is 42.5 Å². The molecule has 1 aromatic carbocycles. The average Bonchev–Trinajstić information content (AvgIpc) is 2.47. The molecular formula is C16H25Cl3N2. The Labute approximate surface area is 146 Å². The third kappa shape index (κ3) is 8.08. The molecule has 1 fully saturated rings. The van der Waals surface area contributed by atoms with Crippen LogP contribution in [0.3, 0.4) is 0 Å². The lowest BCUT2D eigenvalue weighted by atomic mass is 10.2. The van der Waals surface area contributed by atoms with E-state index < -0.39 is 0 Å². The minimum atomic E-state index is 0. The summed E-state index contributed by atoms with van der Waals surface area (Å²) < 4.78 is 0. The summed E-state index contributed by atoms with van der Waals surface area (Å²) in [6, 6.07) is 10.5. The van der Waals surface area contributed by atoms with Gasteiger partial charge in [0.15, 0.2) is 0 Å². The second-order valence-electron chi connectivity index (χ2n) is 5.00. The van der Waals surface area contributed by atoms with Crippen LogP contribution >= 0.6 is 36.4 Å². The van der Waals surface area contributed by atoms with E-state index >= 15 is 0 Å². The maximum Gasteiger partial charge on any atom is 0.0235 e. The third-order valence-electron chi connectivity index (χ3n) is 3.55. The van der Waals surface area contributed by atoms with Crippen LogP contribution < -0.4 is 0 Å². The molecule has 1 aliphatic heterocycles. The molecule has 1 aliphatic rings. The summed E-state index contributed by atoms with van der Waals surface area (Å²) in [6.45, 7) is 6.89. The summed E-state index contributed by atoms with van der Waals surface area (Å²) in [5, 5.41) is 0. The molecule has 0 spiro atoms. The van der Waals surface area contributed by atoms with E-state index in [1.807, 2.05) is 0 Å². The molecule has 2 rings (SSSR count). The van der Waals surface area contributed by atoms with Gasteiger partial charge in [-0.3, -0.25) is 4.90 Å². The van der Waals surface area contributed by atoms with Gasteiger partial charge in [0.1, 0.15) is 0 Å². The minimum absolute atomic E-state index is 0. The fourth-order valence-electron chi connectivity index (χ4n) is 2.38. The van der Waals surface area contributed by atoms with E-state index in [9.17, 15) is 0 Å². The van der Waals surface area contributed by atoms with Gasteiger partial charge in [0.2, 0.25) is 0 Å². The fourth-order valence-corrected chi connectivity index (χ4v) is 2.50. The zero-order valence-corrected chi connectivity index (χ0v) is 14.7. The topological polar surface area (TPSA) is 6.48 Å². The fraction of sp³-hybridized carbons (Fsp3) is 0.500. The molecule has 0 radical (unpaired) electrons. The highest BCUT2D eigenvalue weighted by atomic mass is 35.5. The zero-order valence-electron chi connectivity index (χ0n) is 12.3. The normalized spacial score (nSPS) is 16.4. The van der Waals surface area contributed by atoms with Gasteiger partial charge in [-0.15, -0.1) is 36.4 Å². The van der Waals surface area contributed by atoms with Crippen LogP contribution in [0.25, 0.3) is 6.08 Å². The number of nitrogens with zero attached hydrogens (tertiary/aromatic N) is 2. The highest BCUT2D eigenvalue weighted by molar-refractivity contribution is 6.17. The smallest absolute Gasteiger partial charge is 0.0235 e. The number of halogens is 3. The van der Waals surface area contributed by atoms with Gasteiger partial charge in [-0.25, -0.2) is 0 Å². The van der Waals surface area contributed by atoms with Crippen LogP contribution in [-0.4, -0.2) is 54.9 Å². The maximum atomic E-state index is 5.73. The zero-order chi connectivity index (χ0) is 13.3. The first-order chi connectivity index (χ1) is 9.38. The third-order valence-corrected chi connectivity index (χ3v) is 3.81. The summed E-state index contributed by atoms with van der Waals surface area (Å²) in [7, 11) is 0. The molecule has 21 heavy (non-hydrogen) atoms. The molecule has 0 N–H and O–H groups in total. The van der Waals surface area contributed by atoms with Crippen LogP contribution in [0.15, 0.2) is 36.4 Å². The maximum absolute atomic E-state index is 5.73. The van der Waals surface area contributed by atoms with Gasteiger partial charge in [0.05, 0.1) is 0 Å². The molecule has 0 aromatic heterocycles. The van der Waals surface area contributed by atoms with E-state index in [0.717, 1.165) is 25.4 Å². The largest absolute Gasteiger partial charge is 0.301 e. The summed E-state index contributed by atoms with van der Waals surface area (Å²) in [5.41, 5.74) is 1.28. The van der Waals surface area contributed by atoms with Gasteiger partial charge in [-0.05, 0) is 18.5 Å². The van der Waals surface area contributed by atoms with Crippen molar-refractivity contribution >= 4 is 42.5 Å². The van der Waals surface area contributed by atoms with Crippen molar-refractivity contribution in [1.82, 2.24) is 9.80 Å². The van der Waals surface area contributed by atoms with E-state index in [-0.39, 0.29) is 24.8 Å². The molecule has 0 atom stereocenters. The second-order valence-corrected chi connectivity index (χ2v) is 5.38. The molecule has 2 nitrogen and oxygen atoms in total. The second kappa shape index (κ2) is 12.3. The molecular weight excluding hydrogens is 327 g/mol. The first-order valence-electron chi connectivity index (χ1n) is 7.11. The van der Waals surface area contributed by atoms with Crippen LogP contribution in [0.2, 0.25) is 0 Å². The lowest BCUT2D eigenvalue weighted by Crippen LogP contribution is -2.46. The quantitative estimate of drug-likeness (QED) is 0.719. The van der Waals surface area contributed by atoms with Crippen molar-refractivity contribution < 1.29 is 0 Å². The van der Waals surface area contributed by atoms with E-state index in [4.69, 9.17) is 11.6 Å². The van der Waals surface area contributed by atoms with Crippen molar-refractivity contribution in [2.45, 2.75) is 6.42 Å². The van der Waals surface area contributed by atoms with Crippen molar-refractivity contribution in [3.05, 3.63) is 42.0 Å². The molecule has 1 aromatic rings. The van der Waals surface area contributed by atoms with E-state index in [1.54, 1.807) is 0 Å². The summed E-state index contributed by atoms with van der Waals surface area (Å²) >= 11 is 5.73. The van der Waals surface area contributed by atoms with Crippen molar-refractivity contribution in [3.8, 4) is 0 Å². The number of hydrogen-bond acceptors (Lipinski definition) is 2. The van der Waals surface area contributed by atoms with Crippen LogP contribution in [0.5, 0.6) is 0 Å². The molecule has 0 saturated carbocycles. The van der Waals surface area contributed by atoms with Crippen molar-refractivity contribution in [3.63, 3.8) is 0 Å². The highest BCUT2D eigenvalue weighted by Gasteiger charge is 2.14. The first kappa shape index (κ1) is 20.8.